The number of likely N-dealkylation sites (tertiary alicyclic amines) is 1. The van der Waals surface area contributed by atoms with E-state index in [-0.39, 0.29) is 28.7 Å². The van der Waals surface area contributed by atoms with Crippen LogP contribution in [0.1, 0.15) is 40.5 Å². The second-order valence-corrected chi connectivity index (χ2v) is 8.40. The van der Waals surface area contributed by atoms with Gasteiger partial charge in [-0.25, -0.2) is 0 Å². The highest BCUT2D eigenvalue weighted by atomic mass is 127. The summed E-state index contributed by atoms with van der Waals surface area (Å²) in [6.45, 7) is 10.8. The molecule has 4 nitrogen and oxygen atoms in total. The van der Waals surface area contributed by atoms with E-state index >= 15 is 0 Å². The van der Waals surface area contributed by atoms with Crippen molar-refractivity contribution in [3.63, 3.8) is 0 Å². The predicted octanol–water partition coefficient (Wildman–Crippen LogP) is 2.20. The van der Waals surface area contributed by atoms with Crippen LogP contribution in [0.3, 0.4) is 0 Å². The Hall–Kier alpha value is 0.150. The first-order valence-corrected chi connectivity index (χ1v) is 8.06. The van der Waals surface area contributed by atoms with Gasteiger partial charge in [0.1, 0.15) is 0 Å². The lowest BCUT2D eigenvalue weighted by molar-refractivity contribution is 0.278. The Morgan fingerprint density at radius 1 is 1.37 bits per heavy atom. The average Bonchev–Trinajstić information content (AvgIpc) is 2.28. The Bertz CT molecular complexity index is 320. The lowest BCUT2D eigenvalue weighted by Crippen LogP contribution is -2.42. The minimum atomic E-state index is -0.846. The van der Waals surface area contributed by atoms with Crippen LogP contribution in [-0.4, -0.2) is 45.2 Å². The third kappa shape index (κ3) is 6.92. The molecule has 6 heteroatoms. The fourth-order valence-corrected chi connectivity index (χ4v) is 2.76. The van der Waals surface area contributed by atoms with E-state index < -0.39 is 10.8 Å². The number of rotatable bonds is 3. The zero-order chi connectivity index (χ0) is 13.8. The van der Waals surface area contributed by atoms with Gasteiger partial charge in [-0.3, -0.25) is 9.20 Å². The molecule has 0 aromatic carbocycles. The highest BCUT2D eigenvalue weighted by Gasteiger charge is 2.19. The largest absolute Gasteiger partial charge is 0.370 e. The standard InChI is InChI=1S/C13H27N3OS.HI/c1-11-5-8-16(9-6-11)12(14)15-7-10-18(17)13(2,3)4;/h11H,5-10H2,1-4H3,(H2,14,15);1H. The quantitative estimate of drug-likeness (QED) is 0.448. The average molecular weight is 401 g/mol. The second-order valence-electron chi connectivity index (χ2n) is 6.07. The Morgan fingerprint density at radius 3 is 2.37 bits per heavy atom. The number of aliphatic imine (C=N–C) groups is 1. The molecule has 0 amide bonds. The molecule has 0 spiro atoms. The molecule has 0 aliphatic carbocycles. The highest BCUT2D eigenvalue weighted by molar-refractivity contribution is 14.0. The minimum Gasteiger partial charge on any atom is -0.370 e. The van der Waals surface area contributed by atoms with Gasteiger partial charge in [0.15, 0.2) is 5.96 Å². The van der Waals surface area contributed by atoms with E-state index in [2.05, 4.69) is 16.8 Å². The molecule has 1 aliphatic heterocycles. The van der Waals surface area contributed by atoms with E-state index in [9.17, 15) is 4.21 Å². The lowest BCUT2D eigenvalue weighted by atomic mass is 10.00. The third-order valence-electron chi connectivity index (χ3n) is 3.34. The monoisotopic (exact) mass is 401 g/mol. The van der Waals surface area contributed by atoms with Gasteiger partial charge >= 0.3 is 0 Å². The molecule has 1 rings (SSSR count). The van der Waals surface area contributed by atoms with E-state index in [1.807, 2.05) is 20.8 Å². The Labute approximate surface area is 137 Å². The number of nitrogens with two attached hydrogens (primary N) is 1. The molecule has 1 atom stereocenters. The van der Waals surface area contributed by atoms with Crippen molar-refractivity contribution in [3.05, 3.63) is 0 Å². The maximum Gasteiger partial charge on any atom is 0.191 e. The fourth-order valence-electron chi connectivity index (χ4n) is 1.89. The van der Waals surface area contributed by atoms with Gasteiger partial charge in [0.05, 0.1) is 6.54 Å². The van der Waals surface area contributed by atoms with Crippen LogP contribution in [-0.2, 0) is 10.8 Å². The maximum absolute atomic E-state index is 11.9. The molecule has 0 aromatic rings. The molecule has 19 heavy (non-hydrogen) atoms. The number of nitrogens with zero attached hydrogens (tertiary/aromatic N) is 2. The SMILES string of the molecule is CC1CCN(C(N)=NCCS(=O)C(C)(C)C)CC1.I. The smallest absolute Gasteiger partial charge is 0.191 e. The normalized spacial score (nSPS) is 20.0. The molecule has 0 aromatic heterocycles. The van der Waals surface area contributed by atoms with Crippen LogP contribution >= 0.6 is 24.0 Å². The van der Waals surface area contributed by atoms with Crippen molar-refractivity contribution < 1.29 is 4.21 Å². The summed E-state index contributed by atoms with van der Waals surface area (Å²) in [4.78, 5) is 6.49. The van der Waals surface area contributed by atoms with Gasteiger partial charge < -0.3 is 10.6 Å². The van der Waals surface area contributed by atoms with Crippen LogP contribution < -0.4 is 5.73 Å². The van der Waals surface area contributed by atoms with Crippen molar-refractivity contribution >= 4 is 40.7 Å². The first kappa shape index (κ1) is 19.1. The number of piperidine rings is 1. The van der Waals surface area contributed by atoms with E-state index in [0.717, 1.165) is 19.0 Å². The molecule has 114 valence electrons. The summed E-state index contributed by atoms with van der Waals surface area (Å²) in [7, 11) is -0.846. The van der Waals surface area contributed by atoms with Crippen LogP contribution in [0.2, 0.25) is 0 Å². The predicted molar refractivity (Wildman–Crippen MR) is 94.6 cm³/mol. The van der Waals surface area contributed by atoms with Crippen molar-refractivity contribution in [2.45, 2.75) is 45.3 Å². The number of hydrogen-bond donors (Lipinski definition) is 1. The van der Waals surface area contributed by atoms with Crippen molar-refractivity contribution in [1.82, 2.24) is 4.90 Å². The summed E-state index contributed by atoms with van der Waals surface area (Å²) in [6.07, 6.45) is 2.37. The van der Waals surface area contributed by atoms with Crippen molar-refractivity contribution in [2.24, 2.45) is 16.6 Å². The van der Waals surface area contributed by atoms with Crippen molar-refractivity contribution in [1.29, 1.82) is 0 Å². The van der Waals surface area contributed by atoms with Crippen LogP contribution in [0.25, 0.3) is 0 Å². The molecule has 1 fully saturated rings. The summed E-state index contributed by atoms with van der Waals surface area (Å²) >= 11 is 0. The van der Waals surface area contributed by atoms with E-state index in [0.29, 0.717) is 18.3 Å². The molecule has 1 aliphatic rings. The van der Waals surface area contributed by atoms with Crippen molar-refractivity contribution in [2.75, 3.05) is 25.4 Å². The molecule has 1 saturated heterocycles. The summed E-state index contributed by atoms with van der Waals surface area (Å²) in [5.74, 6) is 2.00. The van der Waals surface area contributed by atoms with E-state index in [4.69, 9.17) is 5.73 Å². The minimum absolute atomic E-state index is 0. The molecule has 2 N–H and O–H groups in total. The number of hydrogen-bond acceptors (Lipinski definition) is 2. The first-order valence-electron chi connectivity index (χ1n) is 6.74. The van der Waals surface area contributed by atoms with E-state index in [1.54, 1.807) is 0 Å². The Morgan fingerprint density at radius 2 is 1.89 bits per heavy atom. The molecule has 0 saturated carbocycles. The summed E-state index contributed by atoms with van der Waals surface area (Å²) in [5, 5.41) is 0. The summed E-state index contributed by atoms with van der Waals surface area (Å²) in [6, 6.07) is 0. The molecule has 1 unspecified atom stereocenters. The molecular weight excluding hydrogens is 373 g/mol. The summed E-state index contributed by atoms with van der Waals surface area (Å²) in [5.41, 5.74) is 5.97. The van der Waals surface area contributed by atoms with Gasteiger partial charge in [0.25, 0.3) is 0 Å². The topological polar surface area (TPSA) is 58.7 Å². The maximum atomic E-state index is 11.9. The van der Waals surface area contributed by atoms with Gasteiger partial charge in [-0.15, -0.1) is 24.0 Å². The zero-order valence-electron chi connectivity index (χ0n) is 12.5. The van der Waals surface area contributed by atoms with Crippen LogP contribution in [0.15, 0.2) is 4.99 Å². The second kappa shape index (κ2) is 8.44. The number of guanidine groups is 1. The van der Waals surface area contributed by atoms with Crippen LogP contribution in [0.5, 0.6) is 0 Å². The molecule has 0 radical (unpaired) electrons. The molecular formula is C13H28IN3OS. The third-order valence-corrected chi connectivity index (χ3v) is 5.26. The van der Waals surface area contributed by atoms with Crippen molar-refractivity contribution in [3.8, 4) is 0 Å². The van der Waals surface area contributed by atoms with Gasteiger partial charge in [-0.2, -0.15) is 0 Å². The molecule has 0 bridgehead atoms. The first-order chi connectivity index (χ1) is 8.30. The van der Waals surface area contributed by atoms with Gasteiger partial charge in [-0.05, 0) is 39.5 Å². The van der Waals surface area contributed by atoms with Gasteiger partial charge in [0, 0.05) is 34.4 Å². The Balaban J connectivity index is 0.00000324. The highest BCUT2D eigenvalue weighted by Crippen LogP contribution is 2.15. The molecule has 1 heterocycles. The van der Waals surface area contributed by atoms with Gasteiger partial charge in [0.2, 0.25) is 0 Å². The van der Waals surface area contributed by atoms with Crippen LogP contribution in [0.4, 0.5) is 0 Å². The number of halogens is 1. The lowest BCUT2D eigenvalue weighted by Gasteiger charge is -2.31. The Kier molecular flexibility index (Phi) is 8.51. The summed E-state index contributed by atoms with van der Waals surface area (Å²) < 4.78 is 11.7. The van der Waals surface area contributed by atoms with Gasteiger partial charge in [-0.1, -0.05) is 6.92 Å². The van der Waals surface area contributed by atoms with E-state index in [1.165, 1.54) is 12.8 Å². The zero-order valence-corrected chi connectivity index (χ0v) is 15.7. The fraction of sp³-hybridized carbons (Fsp3) is 0.923. The van der Waals surface area contributed by atoms with Crippen LogP contribution in [0, 0.1) is 5.92 Å².